The largest absolute Gasteiger partial charge is 0.374 e. The molecule has 2 unspecified atom stereocenters. The molecule has 0 saturated carbocycles. The number of piperazine rings is 1. The summed E-state index contributed by atoms with van der Waals surface area (Å²) < 4.78 is 26.2. The number of nitrogen functional groups attached to an aromatic ring is 1. The number of hydrogen-bond donors (Lipinski definition) is 1. The Balaban J connectivity index is 2.26. The molecule has 18 heavy (non-hydrogen) atoms. The second kappa shape index (κ2) is 4.72. The van der Waals surface area contributed by atoms with Gasteiger partial charge in [0.2, 0.25) is 9.47 Å². The third-order valence-electron chi connectivity index (χ3n) is 3.31. The molecule has 1 fully saturated rings. The molecule has 1 aromatic rings. The molecule has 0 amide bonds. The number of rotatable bonds is 2. The summed E-state index contributed by atoms with van der Waals surface area (Å²) in [6.45, 7) is 4.94. The first-order valence-corrected chi connectivity index (χ1v) is 7.89. The van der Waals surface area contributed by atoms with Gasteiger partial charge in [-0.15, -0.1) is 10.2 Å². The van der Waals surface area contributed by atoms with E-state index < -0.39 is 10.0 Å². The van der Waals surface area contributed by atoms with Crippen LogP contribution >= 0.6 is 11.3 Å². The Labute approximate surface area is 111 Å². The summed E-state index contributed by atoms with van der Waals surface area (Å²) in [5, 5.41) is 7.36. The zero-order chi connectivity index (χ0) is 13.5. The van der Waals surface area contributed by atoms with Gasteiger partial charge in [0.05, 0.1) is 0 Å². The molecule has 102 valence electrons. The van der Waals surface area contributed by atoms with Crippen LogP contribution in [0.1, 0.15) is 13.8 Å². The number of anilines is 1. The summed E-state index contributed by atoms with van der Waals surface area (Å²) in [6, 6.07) is 0.350. The quantitative estimate of drug-likeness (QED) is 0.813. The number of nitrogens with zero attached hydrogens (tertiary/aromatic N) is 4. The predicted molar refractivity (Wildman–Crippen MR) is 69.8 cm³/mol. The molecule has 2 N–H and O–H groups in total. The van der Waals surface area contributed by atoms with Gasteiger partial charge in [0.1, 0.15) is 0 Å². The van der Waals surface area contributed by atoms with Crippen LogP contribution in [-0.2, 0) is 10.0 Å². The Morgan fingerprint density at radius 1 is 1.28 bits per heavy atom. The van der Waals surface area contributed by atoms with Crippen LogP contribution in [0.4, 0.5) is 5.13 Å². The molecule has 1 aliphatic rings. The Kier molecular flexibility index (Phi) is 3.58. The minimum atomic E-state index is -3.56. The minimum Gasteiger partial charge on any atom is -0.374 e. The zero-order valence-corrected chi connectivity index (χ0v) is 12.2. The van der Waals surface area contributed by atoms with Gasteiger partial charge in [-0.2, -0.15) is 4.31 Å². The van der Waals surface area contributed by atoms with Crippen molar-refractivity contribution >= 4 is 26.5 Å². The van der Waals surface area contributed by atoms with Crippen molar-refractivity contribution in [1.29, 1.82) is 0 Å². The lowest BCUT2D eigenvalue weighted by Crippen LogP contribution is -2.56. The average molecular weight is 291 g/mol. The molecule has 1 saturated heterocycles. The monoisotopic (exact) mass is 291 g/mol. The number of aromatic nitrogens is 2. The molecular formula is C9H17N5O2S2. The second-order valence-corrected chi connectivity index (χ2v) is 7.71. The molecule has 1 aliphatic heterocycles. The van der Waals surface area contributed by atoms with Crippen LogP contribution in [0.2, 0.25) is 0 Å². The van der Waals surface area contributed by atoms with Crippen LogP contribution in [0, 0.1) is 0 Å². The van der Waals surface area contributed by atoms with Crippen LogP contribution in [0.5, 0.6) is 0 Å². The maximum Gasteiger partial charge on any atom is 0.272 e. The number of sulfonamides is 1. The fourth-order valence-electron chi connectivity index (χ4n) is 1.99. The Bertz CT molecular complexity index is 517. The first-order chi connectivity index (χ1) is 8.32. The summed E-state index contributed by atoms with van der Waals surface area (Å²) in [5.74, 6) is 0. The fraction of sp³-hybridized carbons (Fsp3) is 0.778. The molecule has 9 heteroatoms. The lowest BCUT2D eigenvalue weighted by atomic mass is 10.1. The van der Waals surface area contributed by atoms with Gasteiger partial charge in [0.25, 0.3) is 10.0 Å². The van der Waals surface area contributed by atoms with Crippen LogP contribution in [0.25, 0.3) is 0 Å². The Morgan fingerprint density at radius 2 is 1.83 bits per heavy atom. The predicted octanol–water partition coefficient (Wildman–Crippen LogP) is -0.167. The lowest BCUT2D eigenvalue weighted by molar-refractivity contribution is 0.105. The van der Waals surface area contributed by atoms with Crippen molar-refractivity contribution in [2.75, 3.05) is 25.9 Å². The van der Waals surface area contributed by atoms with E-state index in [1.807, 2.05) is 20.9 Å². The highest BCUT2D eigenvalue weighted by molar-refractivity contribution is 7.91. The summed E-state index contributed by atoms with van der Waals surface area (Å²) in [7, 11) is -1.56. The minimum absolute atomic E-state index is 0.0241. The third-order valence-corrected chi connectivity index (χ3v) is 6.24. The topological polar surface area (TPSA) is 92.4 Å². The van der Waals surface area contributed by atoms with E-state index in [2.05, 4.69) is 15.1 Å². The van der Waals surface area contributed by atoms with Crippen LogP contribution in [0.3, 0.4) is 0 Å². The van der Waals surface area contributed by atoms with Crippen LogP contribution in [-0.4, -0.2) is 60.0 Å². The number of likely N-dealkylation sites (N-methyl/N-ethyl adjacent to an activating group) is 1. The summed E-state index contributed by atoms with van der Waals surface area (Å²) in [5.41, 5.74) is 5.44. The first-order valence-electron chi connectivity index (χ1n) is 5.63. The maximum absolute atomic E-state index is 12.4. The van der Waals surface area contributed by atoms with E-state index in [0.717, 1.165) is 11.3 Å². The van der Waals surface area contributed by atoms with Gasteiger partial charge in [-0.3, -0.25) is 4.90 Å². The molecule has 7 nitrogen and oxygen atoms in total. The van der Waals surface area contributed by atoms with Crippen molar-refractivity contribution in [2.24, 2.45) is 0 Å². The highest BCUT2D eigenvalue weighted by Gasteiger charge is 2.36. The van der Waals surface area contributed by atoms with Crippen molar-refractivity contribution < 1.29 is 8.42 Å². The van der Waals surface area contributed by atoms with E-state index in [4.69, 9.17) is 5.73 Å². The molecule has 1 aromatic heterocycles. The molecule has 2 rings (SSSR count). The van der Waals surface area contributed by atoms with Crippen molar-refractivity contribution in [1.82, 2.24) is 19.4 Å². The van der Waals surface area contributed by atoms with Crippen molar-refractivity contribution in [3.05, 3.63) is 0 Å². The molecular weight excluding hydrogens is 274 g/mol. The smallest absolute Gasteiger partial charge is 0.272 e. The molecule has 0 radical (unpaired) electrons. The van der Waals surface area contributed by atoms with Gasteiger partial charge in [0.15, 0.2) is 0 Å². The number of nitrogens with two attached hydrogens (primary N) is 1. The highest BCUT2D eigenvalue weighted by atomic mass is 32.2. The van der Waals surface area contributed by atoms with Crippen molar-refractivity contribution in [3.63, 3.8) is 0 Å². The SMILES string of the molecule is CC1CN(S(=O)(=O)c2nnc(N)s2)CC(C)N1C. The molecule has 0 aliphatic carbocycles. The highest BCUT2D eigenvalue weighted by Crippen LogP contribution is 2.24. The van der Waals surface area contributed by atoms with E-state index in [-0.39, 0.29) is 21.6 Å². The second-order valence-electron chi connectivity index (χ2n) is 4.59. The molecule has 2 atom stereocenters. The maximum atomic E-state index is 12.4. The van der Waals surface area contributed by atoms with Gasteiger partial charge >= 0.3 is 0 Å². The standard InChI is InChI=1S/C9H17N5O2S2/c1-6-4-14(5-7(2)13(6)3)18(15,16)9-12-11-8(10)17-9/h6-7H,4-5H2,1-3H3,(H2,10,11). The number of hydrogen-bond acceptors (Lipinski definition) is 7. The summed E-state index contributed by atoms with van der Waals surface area (Å²) >= 11 is 0.904. The van der Waals surface area contributed by atoms with Crippen LogP contribution in [0.15, 0.2) is 4.34 Å². The van der Waals surface area contributed by atoms with E-state index in [0.29, 0.717) is 13.1 Å². The van der Waals surface area contributed by atoms with Gasteiger partial charge in [-0.1, -0.05) is 11.3 Å². The fourth-order valence-corrected chi connectivity index (χ4v) is 4.51. The zero-order valence-electron chi connectivity index (χ0n) is 10.6. The van der Waals surface area contributed by atoms with E-state index in [1.165, 1.54) is 4.31 Å². The van der Waals surface area contributed by atoms with Gasteiger partial charge in [-0.25, -0.2) is 8.42 Å². The van der Waals surface area contributed by atoms with Gasteiger partial charge in [0, 0.05) is 25.2 Å². The Morgan fingerprint density at radius 3 is 2.28 bits per heavy atom. The Hall–Kier alpha value is -0.770. The summed E-state index contributed by atoms with van der Waals surface area (Å²) in [4.78, 5) is 2.17. The van der Waals surface area contributed by atoms with Gasteiger partial charge < -0.3 is 5.73 Å². The van der Waals surface area contributed by atoms with Gasteiger partial charge in [-0.05, 0) is 20.9 Å². The molecule has 0 bridgehead atoms. The lowest BCUT2D eigenvalue weighted by Gasteiger charge is -2.41. The molecule has 0 aromatic carbocycles. The normalized spacial score (nSPS) is 27.5. The average Bonchev–Trinajstić information content (AvgIpc) is 2.72. The van der Waals surface area contributed by atoms with Crippen LogP contribution < -0.4 is 5.73 Å². The third kappa shape index (κ3) is 2.35. The van der Waals surface area contributed by atoms with E-state index in [1.54, 1.807) is 0 Å². The van der Waals surface area contributed by atoms with Crippen molar-refractivity contribution in [2.45, 2.75) is 30.3 Å². The summed E-state index contributed by atoms with van der Waals surface area (Å²) in [6.07, 6.45) is 0. The molecule has 0 spiro atoms. The molecule has 2 heterocycles. The van der Waals surface area contributed by atoms with E-state index >= 15 is 0 Å². The first kappa shape index (κ1) is 13.7. The van der Waals surface area contributed by atoms with Crippen molar-refractivity contribution in [3.8, 4) is 0 Å². The van der Waals surface area contributed by atoms with E-state index in [9.17, 15) is 8.42 Å².